The summed E-state index contributed by atoms with van der Waals surface area (Å²) >= 11 is 18.3. The van der Waals surface area contributed by atoms with Crippen molar-refractivity contribution >= 4 is 104 Å². The van der Waals surface area contributed by atoms with Gasteiger partial charge in [0.2, 0.25) is 17.7 Å². The maximum absolute atomic E-state index is 13.1. The first-order chi connectivity index (χ1) is 49.2. The Morgan fingerprint density at radius 3 is 0.990 bits per heavy atom. The Bertz CT molecular complexity index is 4720. The summed E-state index contributed by atoms with van der Waals surface area (Å²) in [6.07, 6.45) is 19.4. The summed E-state index contributed by atoms with van der Waals surface area (Å²) in [5.74, 6) is -2.94. The van der Waals surface area contributed by atoms with E-state index in [0.29, 0.717) is 55.8 Å². The monoisotopic (exact) mass is 1460 g/mol. The molecule has 3 saturated heterocycles. The van der Waals surface area contributed by atoms with Crippen LogP contribution in [0.5, 0.6) is 17.2 Å². The fraction of sp³-hybridized carbons (Fsp3) is 0.190. The molecule has 9 aromatic heterocycles. The zero-order chi connectivity index (χ0) is 71.5. The summed E-state index contributed by atoms with van der Waals surface area (Å²) in [5, 5.41) is 42.7. The van der Waals surface area contributed by atoms with E-state index < -0.39 is 55.7 Å². The molecular weight excluding hydrogens is 1420 g/mol. The Morgan fingerprint density at radius 1 is 0.451 bits per heavy atom. The first-order valence-electron chi connectivity index (χ1n) is 30.4. The van der Waals surface area contributed by atoms with E-state index in [1.807, 2.05) is 0 Å². The van der Waals surface area contributed by atoms with Crippen LogP contribution in [0.25, 0.3) is 50.7 Å². The van der Waals surface area contributed by atoms with Gasteiger partial charge in [-0.15, -0.1) is 0 Å². The molecule has 39 heteroatoms. The van der Waals surface area contributed by atoms with Gasteiger partial charge in [-0.25, -0.2) is 28.5 Å². The van der Waals surface area contributed by atoms with Crippen LogP contribution in [0, 0.1) is 0 Å². The number of carbonyl (C=O) groups is 6. The third-order valence-electron chi connectivity index (χ3n) is 15.8. The molecule has 3 aliphatic rings. The number of nitrogens with zero attached hydrogens (tertiary/aromatic N) is 15. The molecule has 0 aliphatic carbocycles. The van der Waals surface area contributed by atoms with E-state index in [1.165, 1.54) is 138 Å². The van der Waals surface area contributed by atoms with Crippen LogP contribution in [0.4, 0.5) is 43.4 Å². The van der Waals surface area contributed by atoms with Crippen LogP contribution < -0.4 is 46.1 Å². The lowest BCUT2D eigenvalue weighted by atomic mass is 10.1. The average Bonchev–Trinajstić information content (AvgIpc) is 1.64. The zero-order valence-electron chi connectivity index (χ0n) is 51.8. The van der Waals surface area contributed by atoms with Gasteiger partial charge in [-0.3, -0.25) is 42.8 Å². The molecule has 12 heterocycles. The second-order valence-electron chi connectivity index (χ2n) is 22.2. The van der Waals surface area contributed by atoms with Crippen LogP contribution in [-0.4, -0.2) is 148 Å². The standard InChI is InChI=1S/3C21H16ClF2N7O3/c3*22-11-2-3-16(34-21(23)24)12(8-11)17-14(10-31(29-17)15-4-6-26-20(15)33)28-19(32)13-9-27-30-7-1-5-25-18(13)30/h3*1-3,5,7-10,15,21H,4,6H2,(H,26,33)(H,28,32)/t2*15-;/m10./s1. The second-order valence-corrected chi connectivity index (χ2v) is 23.5. The molecule has 6 N–H and O–H groups in total. The maximum atomic E-state index is 13.1. The number of alkyl halides is 6. The van der Waals surface area contributed by atoms with E-state index in [0.717, 1.165) is 0 Å². The summed E-state index contributed by atoms with van der Waals surface area (Å²) in [5.41, 5.74) is 2.74. The third-order valence-corrected chi connectivity index (χ3v) is 16.5. The van der Waals surface area contributed by atoms with Gasteiger partial charge in [-0.05, 0) is 92.1 Å². The molecule has 30 nitrogen and oxygen atoms in total. The van der Waals surface area contributed by atoms with Gasteiger partial charge in [-0.2, -0.15) is 56.9 Å². The number of fused-ring (bicyclic) bond motifs is 3. The highest BCUT2D eigenvalue weighted by Crippen LogP contribution is 2.42. The molecule has 0 radical (unpaired) electrons. The fourth-order valence-electron chi connectivity index (χ4n) is 11.2. The van der Waals surface area contributed by atoms with Gasteiger partial charge in [0.05, 0.1) is 54.2 Å². The molecule has 3 atom stereocenters. The van der Waals surface area contributed by atoms with Crippen LogP contribution in [0.15, 0.2) is 147 Å². The predicted molar refractivity (Wildman–Crippen MR) is 351 cm³/mol. The molecule has 12 aromatic rings. The highest BCUT2D eigenvalue weighted by atomic mass is 35.5. The number of hydrogen-bond acceptors (Lipinski definition) is 18. The molecule has 0 spiro atoms. The molecule has 3 aromatic carbocycles. The molecule has 3 aliphatic heterocycles. The van der Waals surface area contributed by atoms with E-state index in [1.54, 1.807) is 36.8 Å². The number of halogens is 9. The lowest BCUT2D eigenvalue weighted by Crippen LogP contribution is -2.22. The number of amides is 6. The Hall–Kier alpha value is -12.2. The van der Waals surface area contributed by atoms with Crippen LogP contribution >= 0.6 is 34.8 Å². The number of carbonyl (C=O) groups excluding carboxylic acids is 6. The first kappa shape index (κ1) is 68.3. The molecule has 522 valence electrons. The Balaban J connectivity index is 0.000000137. The summed E-state index contributed by atoms with van der Waals surface area (Å²) < 4.78 is 101. The van der Waals surface area contributed by atoms with Crippen LogP contribution in [0.2, 0.25) is 15.1 Å². The number of rotatable bonds is 18. The Morgan fingerprint density at radius 2 is 0.735 bits per heavy atom. The van der Waals surface area contributed by atoms with Gasteiger partial charge < -0.3 is 46.1 Å². The fourth-order valence-corrected chi connectivity index (χ4v) is 11.7. The van der Waals surface area contributed by atoms with Crippen LogP contribution in [0.1, 0.15) is 68.5 Å². The quantitative estimate of drug-likeness (QED) is 0.0435. The van der Waals surface area contributed by atoms with E-state index >= 15 is 0 Å². The van der Waals surface area contributed by atoms with Crippen molar-refractivity contribution in [3.63, 3.8) is 0 Å². The van der Waals surface area contributed by atoms with Crippen molar-refractivity contribution < 1.29 is 69.3 Å². The van der Waals surface area contributed by atoms with Crippen LogP contribution in [-0.2, 0) is 14.4 Å². The van der Waals surface area contributed by atoms with E-state index in [4.69, 9.17) is 34.8 Å². The first-order valence-corrected chi connectivity index (χ1v) is 31.5. The summed E-state index contributed by atoms with van der Waals surface area (Å²) in [6.45, 7) is -7.89. The van der Waals surface area contributed by atoms with Crippen molar-refractivity contribution in [1.82, 2.24) is 89.1 Å². The minimum absolute atomic E-state index is 0.107. The van der Waals surface area contributed by atoms with Gasteiger partial charge in [0, 0.05) is 88.6 Å². The Kier molecular flexibility index (Phi) is 19.7. The highest BCUT2D eigenvalue weighted by molar-refractivity contribution is 6.31. The zero-order valence-corrected chi connectivity index (χ0v) is 54.1. The maximum Gasteiger partial charge on any atom is 0.387 e. The predicted octanol–water partition coefficient (Wildman–Crippen LogP) is 9.48. The SMILES string of the molecule is O=C(Nc1cn(C2CCNC2=O)nc1-c1cc(Cl)ccc1OC(F)F)c1cnn2cccnc12.O=C(Nc1cn([C@@H]2CCNC2=O)nc1-c1cc(Cl)ccc1OC(F)F)c1cnn2cccnc12.O=C(Nc1cn([C@H]2CCNC2=O)nc1-c1cc(Cl)ccc1OC(F)F)c1cnn2cccnc12. The molecule has 0 bridgehead atoms. The smallest absolute Gasteiger partial charge is 0.387 e. The second kappa shape index (κ2) is 29.3. The molecule has 3 fully saturated rings. The minimum atomic E-state index is -3.09. The van der Waals surface area contributed by atoms with Gasteiger partial charge in [-0.1, -0.05) is 34.8 Å². The van der Waals surface area contributed by atoms with Crippen molar-refractivity contribution in [3.05, 3.63) is 179 Å². The van der Waals surface area contributed by atoms with Gasteiger partial charge >= 0.3 is 19.8 Å². The summed E-state index contributed by atoms with van der Waals surface area (Å²) in [6, 6.07) is 15.4. The van der Waals surface area contributed by atoms with Crippen molar-refractivity contribution in [3.8, 4) is 51.0 Å². The van der Waals surface area contributed by atoms with Crippen molar-refractivity contribution in [1.29, 1.82) is 0 Å². The van der Waals surface area contributed by atoms with Gasteiger partial charge in [0.25, 0.3) is 17.7 Å². The number of aromatic nitrogens is 15. The molecular formula is C63H48Cl3F6N21O9. The number of ether oxygens (including phenoxy) is 3. The number of anilines is 3. The molecule has 0 saturated carbocycles. The Labute approximate surface area is 582 Å². The van der Waals surface area contributed by atoms with Crippen LogP contribution in [0.3, 0.4) is 0 Å². The van der Waals surface area contributed by atoms with Crippen molar-refractivity contribution in [2.75, 3.05) is 35.6 Å². The minimum Gasteiger partial charge on any atom is -0.434 e. The summed E-state index contributed by atoms with van der Waals surface area (Å²) in [4.78, 5) is 88.5. The third kappa shape index (κ3) is 14.6. The molecule has 15 rings (SSSR count). The highest BCUT2D eigenvalue weighted by Gasteiger charge is 2.34. The largest absolute Gasteiger partial charge is 0.434 e. The lowest BCUT2D eigenvalue weighted by molar-refractivity contribution is -0.122. The van der Waals surface area contributed by atoms with Gasteiger partial charge in [0.15, 0.2) is 16.9 Å². The number of benzene rings is 3. The lowest BCUT2D eigenvalue weighted by Gasteiger charge is -2.11. The normalized spacial score (nSPS) is 15.6. The molecule has 102 heavy (non-hydrogen) atoms. The van der Waals surface area contributed by atoms with E-state index in [-0.39, 0.29) is 118 Å². The number of hydrogen-bond donors (Lipinski definition) is 6. The average molecular weight is 1460 g/mol. The van der Waals surface area contributed by atoms with Crippen molar-refractivity contribution in [2.24, 2.45) is 0 Å². The molecule has 6 amide bonds. The molecule has 1 unspecified atom stereocenters. The van der Waals surface area contributed by atoms with E-state index in [9.17, 15) is 55.1 Å². The topological polar surface area (TPSA) is 346 Å². The van der Waals surface area contributed by atoms with Gasteiger partial charge in [0.1, 0.15) is 69.1 Å². The summed E-state index contributed by atoms with van der Waals surface area (Å²) in [7, 11) is 0. The van der Waals surface area contributed by atoms with E-state index in [2.05, 4.69) is 91.7 Å². The van der Waals surface area contributed by atoms with Crippen molar-refractivity contribution in [2.45, 2.75) is 57.2 Å². The number of nitrogens with one attached hydrogen (secondary N) is 6.